The zero-order valence-corrected chi connectivity index (χ0v) is 21.5. The molecule has 6 nitrogen and oxygen atoms in total. The molecule has 192 valence electrons. The Morgan fingerprint density at radius 2 is 1.85 bits per heavy atom. The van der Waals surface area contributed by atoms with E-state index in [0.717, 1.165) is 24.8 Å². The zero-order valence-electron chi connectivity index (χ0n) is 21.5. The van der Waals surface area contributed by atoms with Crippen LogP contribution in [0.4, 0.5) is 4.39 Å². The molecule has 1 amide bonds. The van der Waals surface area contributed by atoms with E-state index in [0.29, 0.717) is 26.0 Å². The molecule has 34 heavy (non-hydrogen) atoms. The summed E-state index contributed by atoms with van der Waals surface area (Å²) < 4.78 is 25.0. The molecule has 2 rings (SSSR count). The van der Waals surface area contributed by atoms with E-state index in [1.807, 2.05) is 44.2 Å². The maximum atomic E-state index is 14.2. The summed E-state index contributed by atoms with van der Waals surface area (Å²) in [5.74, 6) is -0.178. The number of rotatable bonds is 14. The lowest BCUT2D eigenvalue weighted by Crippen LogP contribution is -2.45. The normalized spacial score (nSPS) is 23.3. The first kappa shape index (κ1) is 28.2. The highest BCUT2D eigenvalue weighted by Gasteiger charge is 2.46. The van der Waals surface area contributed by atoms with E-state index in [4.69, 9.17) is 9.47 Å². The number of alkyl halides is 1. The van der Waals surface area contributed by atoms with Crippen LogP contribution in [0.1, 0.15) is 71.8 Å². The van der Waals surface area contributed by atoms with Crippen molar-refractivity contribution in [3.05, 3.63) is 35.9 Å². The number of likely N-dealkylation sites (tertiary alicyclic amines) is 1. The van der Waals surface area contributed by atoms with Crippen LogP contribution in [0.2, 0.25) is 0 Å². The summed E-state index contributed by atoms with van der Waals surface area (Å²) in [5, 5.41) is 3.06. The lowest BCUT2D eigenvalue weighted by atomic mass is 9.85. The van der Waals surface area contributed by atoms with Crippen LogP contribution in [0.15, 0.2) is 30.3 Å². The third-order valence-electron chi connectivity index (χ3n) is 6.86. The highest BCUT2D eigenvalue weighted by atomic mass is 19.1. The van der Waals surface area contributed by atoms with E-state index in [1.165, 1.54) is 0 Å². The monoisotopic (exact) mass is 478 g/mol. The topological polar surface area (TPSA) is 67.9 Å². The number of hydrogen-bond donors (Lipinski definition) is 1. The number of methoxy groups -OCH3 is 1. The Bertz CT molecular complexity index is 747. The van der Waals surface area contributed by atoms with Crippen molar-refractivity contribution in [2.75, 3.05) is 13.7 Å². The number of nitrogens with one attached hydrogen (secondary N) is 1. The molecule has 0 radical (unpaired) electrons. The van der Waals surface area contributed by atoms with Crippen molar-refractivity contribution in [2.24, 2.45) is 11.8 Å². The summed E-state index contributed by atoms with van der Waals surface area (Å²) in [7, 11) is 1.67. The molecule has 7 heteroatoms. The number of benzene rings is 1. The van der Waals surface area contributed by atoms with Gasteiger partial charge in [-0.15, -0.1) is 0 Å². The van der Waals surface area contributed by atoms with Gasteiger partial charge in [0.1, 0.15) is 6.04 Å². The SMILES string of the molecule is CCCC(F)OC(=O)[C@H]1C[C@@H](COC)[C@@H](CC(CCC)C(C)NC(C)=O)N1Cc1ccccc1. The highest BCUT2D eigenvalue weighted by molar-refractivity contribution is 5.76. The summed E-state index contributed by atoms with van der Waals surface area (Å²) in [4.78, 5) is 27.0. The quantitative estimate of drug-likeness (QED) is 0.387. The van der Waals surface area contributed by atoms with Crippen molar-refractivity contribution in [3.63, 3.8) is 0 Å². The maximum Gasteiger partial charge on any atom is 0.325 e. The van der Waals surface area contributed by atoms with Crippen molar-refractivity contribution in [1.82, 2.24) is 10.2 Å². The molecule has 1 aliphatic rings. The van der Waals surface area contributed by atoms with Gasteiger partial charge in [0.15, 0.2) is 0 Å². The van der Waals surface area contributed by atoms with Crippen LogP contribution < -0.4 is 5.32 Å². The van der Waals surface area contributed by atoms with Crippen molar-refractivity contribution >= 4 is 11.9 Å². The van der Waals surface area contributed by atoms with Gasteiger partial charge < -0.3 is 14.8 Å². The Morgan fingerprint density at radius 3 is 2.44 bits per heavy atom. The molecule has 1 aliphatic heterocycles. The summed E-state index contributed by atoms with van der Waals surface area (Å²) in [6.07, 6.45) is 2.58. The molecule has 1 N–H and O–H groups in total. The molecule has 1 aromatic carbocycles. The number of amides is 1. The zero-order chi connectivity index (χ0) is 25.1. The fourth-order valence-electron chi connectivity index (χ4n) is 5.24. The number of carbonyl (C=O) groups excluding carboxylic acids is 2. The highest BCUT2D eigenvalue weighted by Crippen LogP contribution is 2.38. The van der Waals surface area contributed by atoms with Crippen LogP contribution in [-0.4, -0.2) is 55.0 Å². The van der Waals surface area contributed by atoms with Gasteiger partial charge in [0, 0.05) is 39.1 Å². The van der Waals surface area contributed by atoms with Crippen molar-refractivity contribution < 1.29 is 23.5 Å². The summed E-state index contributed by atoms with van der Waals surface area (Å²) in [5.41, 5.74) is 1.09. The van der Waals surface area contributed by atoms with Crippen molar-refractivity contribution in [1.29, 1.82) is 0 Å². The van der Waals surface area contributed by atoms with E-state index in [2.05, 4.69) is 17.1 Å². The Labute approximate surface area is 204 Å². The molecule has 0 aliphatic carbocycles. The van der Waals surface area contributed by atoms with E-state index >= 15 is 0 Å². The molecule has 0 saturated carbocycles. The van der Waals surface area contributed by atoms with Crippen LogP contribution in [0, 0.1) is 11.8 Å². The number of hydrogen-bond acceptors (Lipinski definition) is 5. The van der Waals surface area contributed by atoms with Crippen LogP contribution in [0.25, 0.3) is 0 Å². The predicted octanol–water partition coefficient (Wildman–Crippen LogP) is 4.86. The van der Waals surface area contributed by atoms with Gasteiger partial charge in [-0.1, -0.05) is 50.6 Å². The molecule has 1 saturated heterocycles. The van der Waals surface area contributed by atoms with Gasteiger partial charge in [-0.2, -0.15) is 0 Å². The first-order valence-corrected chi connectivity index (χ1v) is 12.7. The van der Waals surface area contributed by atoms with E-state index in [1.54, 1.807) is 14.0 Å². The fourth-order valence-corrected chi connectivity index (χ4v) is 5.24. The summed E-state index contributed by atoms with van der Waals surface area (Å²) in [6, 6.07) is 9.56. The molecule has 3 unspecified atom stereocenters. The smallest absolute Gasteiger partial charge is 0.325 e. The standard InChI is InChI=1S/C27H43FN2O4/c1-6-11-22(19(3)29-20(4)31)15-24-23(18-33-5)16-25(27(32)34-26(28)12-7-2)30(24)17-21-13-9-8-10-14-21/h8-10,13-14,19,22-26H,6-7,11-12,15-18H2,1-5H3,(H,29,31)/t19?,22?,23-,24+,25+,26?/m0/s1. The van der Waals surface area contributed by atoms with Gasteiger partial charge in [0.2, 0.25) is 12.3 Å². The molecular weight excluding hydrogens is 435 g/mol. The van der Waals surface area contributed by atoms with Gasteiger partial charge >= 0.3 is 5.97 Å². The number of halogens is 1. The molecule has 6 atom stereocenters. The first-order valence-electron chi connectivity index (χ1n) is 12.7. The van der Waals surface area contributed by atoms with Crippen LogP contribution >= 0.6 is 0 Å². The molecule has 1 heterocycles. The van der Waals surface area contributed by atoms with Gasteiger partial charge in [0.05, 0.1) is 6.61 Å². The third-order valence-corrected chi connectivity index (χ3v) is 6.86. The minimum Gasteiger partial charge on any atom is -0.430 e. The molecule has 0 aromatic heterocycles. The summed E-state index contributed by atoms with van der Waals surface area (Å²) >= 11 is 0. The molecule has 1 fully saturated rings. The molecular formula is C27H43FN2O4. The van der Waals surface area contributed by atoms with Crippen LogP contribution in [0.3, 0.4) is 0 Å². The Morgan fingerprint density at radius 1 is 1.18 bits per heavy atom. The Kier molecular flexibility index (Phi) is 12.0. The van der Waals surface area contributed by atoms with Crippen LogP contribution in [-0.2, 0) is 25.6 Å². The molecule has 1 aromatic rings. The van der Waals surface area contributed by atoms with E-state index in [-0.39, 0.29) is 36.2 Å². The van der Waals surface area contributed by atoms with Gasteiger partial charge in [0.25, 0.3) is 0 Å². The first-order chi connectivity index (χ1) is 16.3. The molecule has 0 spiro atoms. The molecule has 0 bridgehead atoms. The Hall–Kier alpha value is -1.99. The van der Waals surface area contributed by atoms with Gasteiger partial charge in [-0.3, -0.25) is 14.5 Å². The fraction of sp³-hybridized carbons (Fsp3) is 0.704. The summed E-state index contributed by atoms with van der Waals surface area (Å²) in [6.45, 7) is 8.69. The number of nitrogens with zero attached hydrogens (tertiary/aromatic N) is 1. The average molecular weight is 479 g/mol. The second-order valence-electron chi connectivity index (χ2n) is 9.60. The lowest BCUT2D eigenvalue weighted by molar-refractivity contribution is -0.164. The van der Waals surface area contributed by atoms with E-state index < -0.39 is 18.4 Å². The second-order valence-corrected chi connectivity index (χ2v) is 9.60. The maximum absolute atomic E-state index is 14.2. The van der Waals surface area contributed by atoms with Gasteiger partial charge in [-0.25, -0.2) is 4.39 Å². The minimum atomic E-state index is -1.58. The minimum absolute atomic E-state index is 0.0185. The second kappa shape index (κ2) is 14.4. The third kappa shape index (κ3) is 8.35. The number of ether oxygens (including phenoxy) is 2. The predicted molar refractivity (Wildman–Crippen MR) is 132 cm³/mol. The van der Waals surface area contributed by atoms with E-state index in [9.17, 15) is 14.0 Å². The van der Waals surface area contributed by atoms with Crippen LogP contribution in [0.5, 0.6) is 0 Å². The lowest BCUT2D eigenvalue weighted by Gasteiger charge is -2.35. The number of carbonyl (C=O) groups is 2. The average Bonchev–Trinajstić information content (AvgIpc) is 3.11. The Balaban J connectivity index is 2.34. The van der Waals surface area contributed by atoms with Crippen molar-refractivity contribution in [2.45, 2.75) is 97.2 Å². The van der Waals surface area contributed by atoms with Crippen molar-refractivity contribution in [3.8, 4) is 0 Å². The van der Waals surface area contributed by atoms with Gasteiger partial charge in [-0.05, 0) is 50.0 Å². The largest absolute Gasteiger partial charge is 0.430 e. The number of esters is 1.